The lowest BCUT2D eigenvalue weighted by molar-refractivity contribution is 0.262. The van der Waals surface area contributed by atoms with Gasteiger partial charge in [0.2, 0.25) is 0 Å². The van der Waals surface area contributed by atoms with Crippen molar-refractivity contribution in [3.05, 3.63) is 57.6 Å². The molecule has 0 aromatic heterocycles. The predicted molar refractivity (Wildman–Crippen MR) is 135 cm³/mol. The van der Waals surface area contributed by atoms with Crippen LogP contribution >= 0.6 is 0 Å². The standard InChI is InChI=1S/C30H34O4/c1-5-21-13-25(31-17-27-19-33-27)14-22(6-2)29(21)11-9-10-12-30-23(7-3)15-26(16-24(30)8-4)32-18-28-20-34-28/h13-16,27-28H,5-8,17-20H2,1-4H3. The number of hydrogen-bond acceptors (Lipinski definition) is 4. The molecular weight excluding hydrogens is 424 g/mol. The first-order chi connectivity index (χ1) is 16.6. The number of aryl methyl sites for hydroxylation is 4. The third kappa shape index (κ3) is 6.35. The molecule has 0 N–H and O–H groups in total. The van der Waals surface area contributed by atoms with Crippen LogP contribution in [0.3, 0.4) is 0 Å². The van der Waals surface area contributed by atoms with E-state index in [1.165, 1.54) is 22.3 Å². The van der Waals surface area contributed by atoms with E-state index in [0.717, 1.165) is 61.5 Å². The van der Waals surface area contributed by atoms with Gasteiger partial charge in [-0.15, -0.1) is 0 Å². The van der Waals surface area contributed by atoms with Crippen molar-refractivity contribution in [2.24, 2.45) is 0 Å². The van der Waals surface area contributed by atoms with E-state index in [4.69, 9.17) is 18.9 Å². The SMILES string of the molecule is CCc1cc(OCC2CO2)cc(CC)c1C#CC#Cc1c(CC)cc(OCC2CO2)cc1CC. The first-order valence-corrected chi connectivity index (χ1v) is 12.5. The van der Waals surface area contributed by atoms with Crippen molar-refractivity contribution >= 4 is 0 Å². The van der Waals surface area contributed by atoms with Gasteiger partial charge in [0, 0.05) is 11.1 Å². The monoisotopic (exact) mass is 458 g/mol. The van der Waals surface area contributed by atoms with Gasteiger partial charge in [-0.3, -0.25) is 0 Å². The fourth-order valence-electron chi connectivity index (χ4n) is 3.97. The van der Waals surface area contributed by atoms with E-state index in [9.17, 15) is 0 Å². The molecule has 2 aliphatic rings. The van der Waals surface area contributed by atoms with E-state index in [0.29, 0.717) is 13.2 Å². The molecule has 2 unspecified atom stereocenters. The van der Waals surface area contributed by atoms with Crippen molar-refractivity contribution in [3.63, 3.8) is 0 Å². The second-order valence-electron chi connectivity index (χ2n) is 8.68. The molecule has 4 rings (SSSR count). The van der Waals surface area contributed by atoms with Gasteiger partial charge >= 0.3 is 0 Å². The van der Waals surface area contributed by atoms with E-state index in [-0.39, 0.29) is 12.2 Å². The number of benzene rings is 2. The summed E-state index contributed by atoms with van der Waals surface area (Å²) in [5, 5.41) is 0. The zero-order chi connectivity index (χ0) is 23.9. The zero-order valence-corrected chi connectivity index (χ0v) is 20.8. The molecule has 0 spiro atoms. The fourth-order valence-corrected chi connectivity index (χ4v) is 3.97. The highest BCUT2D eigenvalue weighted by Gasteiger charge is 2.24. The maximum atomic E-state index is 5.93. The van der Waals surface area contributed by atoms with Crippen LogP contribution in [0.5, 0.6) is 11.5 Å². The third-order valence-corrected chi connectivity index (χ3v) is 6.19. The Labute approximate surface area is 203 Å². The summed E-state index contributed by atoms with van der Waals surface area (Å²) < 4.78 is 22.4. The van der Waals surface area contributed by atoms with Gasteiger partial charge in [0.1, 0.15) is 36.9 Å². The predicted octanol–water partition coefficient (Wildman–Crippen LogP) is 4.89. The van der Waals surface area contributed by atoms with Crippen molar-refractivity contribution in [1.82, 2.24) is 0 Å². The second kappa shape index (κ2) is 11.5. The van der Waals surface area contributed by atoms with Gasteiger partial charge in [0.05, 0.1) is 13.2 Å². The van der Waals surface area contributed by atoms with Crippen molar-refractivity contribution in [2.45, 2.75) is 65.6 Å². The van der Waals surface area contributed by atoms with E-state index in [1.807, 2.05) is 0 Å². The van der Waals surface area contributed by atoms with Gasteiger partial charge in [-0.05, 0) is 84.0 Å². The zero-order valence-electron chi connectivity index (χ0n) is 20.8. The lowest BCUT2D eigenvalue weighted by Crippen LogP contribution is -2.06. The van der Waals surface area contributed by atoms with Crippen LogP contribution in [0.2, 0.25) is 0 Å². The molecule has 2 heterocycles. The maximum absolute atomic E-state index is 5.93. The summed E-state index contributed by atoms with van der Waals surface area (Å²) in [6.45, 7) is 11.4. The Balaban J connectivity index is 1.56. The molecule has 2 aliphatic heterocycles. The lowest BCUT2D eigenvalue weighted by atomic mass is 9.96. The molecule has 2 atom stereocenters. The van der Waals surface area contributed by atoms with Crippen LogP contribution in [0, 0.1) is 23.7 Å². The van der Waals surface area contributed by atoms with Crippen LogP contribution in [0.1, 0.15) is 61.1 Å². The quantitative estimate of drug-likeness (QED) is 0.375. The number of epoxide rings is 2. The molecule has 178 valence electrons. The van der Waals surface area contributed by atoms with Crippen molar-refractivity contribution in [3.8, 4) is 35.2 Å². The molecule has 0 bridgehead atoms. The Bertz CT molecular complexity index is 992. The van der Waals surface area contributed by atoms with Crippen molar-refractivity contribution in [2.75, 3.05) is 26.4 Å². The summed E-state index contributed by atoms with van der Waals surface area (Å²) >= 11 is 0. The minimum atomic E-state index is 0.249. The molecule has 2 saturated heterocycles. The molecule has 0 saturated carbocycles. The first kappa shape index (κ1) is 24.2. The van der Waals surface area contributed by atoms with Crippen LogP contribution in [0.15, 0.2) is 24.3 Å². The average molecular weight is 459 g/mol. The maximum Gasteiger partial charge on any atom is 0.120 e. The Hall–Kier alpha value is -2.92. The summed E-state index contributed by atoms with van der Waals surface area (Å²) in [4.78, 5) is 0. The van der Waals surface area contributed by atoms with Gasteiger partial charge in [-0.2, -0.15) is 0 Å². The van der Waals surface area contributed by atoms with Gasteiger partial charge < -0.3 is 18.9 Å². The Morgan fingerprint density at radius 3 is 1.24 bits per heavy atom. The molecule has 4 nitrogen and oxygen atoms in total. The third-order valence-electron chi connectivity index (χ3n) is 6.19. The van der Waals surface area contributed by atoms with E-state index >= 15 is 0 Å². The smallest absolute Gasteiger partial charge is 0.120 e. The van der Waals surface area contributed by atoms with Gasteiger partial charge in [-0.1, -0.05) is 39.5 Å². The van der Waals surface area contributed by atoms with E-state index in [1.54, 1.807) is 0 Å². The molecule has 0 amide bonds. The topological polar surface area (TPSA) is 43.5 Å². The van der Waals surface area contributed by atoms with E-state index in [2.05, 4.69) is 75.6 Å². The lowest BCUT2D eigenvalue weighted by Gasteiger charge is -2.12. The fraction of sp³-hybridized carbons (Fsp3) is 0.467. The Kier molecular flexibility index (Phi) is 8.17. The minimum Gasteiger partial charge on any atom is -0.491 e. The molecule has 4 heteroatoms. The molecule has 2 fully saturated rings. The van der Waals surface area contributed by atoms with Crippen LogP contribution in [-0.4, -0.2) is 38.6 Å². The molecule has 2 aromatic rings. The molecule has 0 aliphatic carbocycles. The number of rotatable bonds is 10. The first-order valence-electron chi connectivity index (χ1n) is 12.5. The highest BCUT2D eigenvalue weighted by atomic mass is 16.6. The molecule has 34 heavy (non-hydrogen) atoms. The molecule has 0 radical (unpaired) electrons. The summed E-state index contributed by atoms with van der Waals surface area (Å²) in [7, 11) is 0. The average Bonchev–Trinajstić information content (AvgIpc) is 3.79. The largest absolute Gasteiger partial charge is 0.491 e. The summed E-state index contributed by atoms with van der Waals surface area (Å²) in [6, 6.07) is 8.42. The summed E-state index contributed by atoms with van der Waals surface area (Å²) in [5.41, 5.74) is 6.95. The molecule has 2 aromatic carbocycles. The van der Waals surface area contributed by atoms with Crippen LogP contribution in [0.4, 0.5) is 0 Å². The summed E-state index contributed by atoms with van der Waals surface area (Å²) in [6.07, 6.45) is 4.09. The Morgan fingerprint density at radius 2 is 0.971 bits per heavy atom. The van der Waals surface area contributed by atoms with Gasteiger partial charge in [0.15, 0.2) is 0 Å². The van der Waals surface area contributed by atoms with Crippen LogP contribution in [-0.2, 0) is 35.2 Å². The normalized spacial score (nSPS) is 17.8. The van der Waals surface area contributed by atoms with E-state index < -0.39 is 0 Å². The second-order valence-corrected chi connectivity index (χ2v) is 8.68. The number of ether oxygens (including phenoxy) is 4. The van der Waals surface area contributed by atoms with Gasteiger partial charge in [0.25, 0.3) is 0 Å². The van der Waals surface area contributed by atoms with Crippen molar-refractivity contribution < 1.29 is 18.9 Å². The minimum absolute atomic E-state index is 0.249. The van der Waals surface area contributed by atoms with Crippen LogP contribution in [0.25, 0.3) is 0 Å². The summed E-state index contributed by atoms with van der Waals surface area (Å²) in [5.74, 6) is 14.7. The highest BCUT2D eigenvalue weighted by Crippen LogP contribution is 2.26. The molecular formula is C30H34O4. The highest BCUT2D eigenvalue weighted by molar-refractivity contribution is 5.56. The Morgan fingerprint density at radius 1 is 0.647 bits per heavy atom. The van der Waals surface area contributed by atoms with Crippen molar-refractivity contribution in [1.29, 1.82) is 0 Å². The van der Waals surface area contributed by atoms with Crippen LogP contribution < -0.4 is 9.47 Å². The number of hydrogen-bond donors (Lipinski definition) is 0. The van der Waals surface area contributed by atoms with Gasteiger partial charge in [-0.25, -0.2) is 0 Å².